The van der Waals surface area contributed by atoms with Crippen molar-refractivity contribution in [3.05, 3.63) is 18.0 Å². The molecule has 1 unspecified atom stereocenters. The number of hydrogen-bond donors (Lipinski definition) is 1. The second kappa shape index (κ2) is 7.58. The number of piperidine rings is 1. The Balaban J connectivity index is 1.84. The van der Waals surface area contributed by atoms with Crippen molar-refractivity contribution in [3.63, 3.8) is 0 Å². The van der Waals surface area contributed by atoms with Gasteiger partial charge in [-0.15, -0.1) is 0 Å². The molecular formula is C16H27N3O. The van der Waals surface area contributed by atoms with Crippen LogP contribution in [0.5, 0.6) is 0 Å². The van der Waals surface area contributed by atoms with E-state index in [1.807, 2.05) is 16.9 Å². The lowest BCUT2D eigenvalue weighted by molar-refractivity contribution is -0.119. The van der Waals surface area contributed by atoms with E-state index in [-0.39, 0.29) is 0 Å². The van der Waals surface area contributed by atoms with Crippen molar-refractivity contribution in [3.8, 4) is 0 Å². The summed E-state index contributed by atoms with van der Waals surface area (Å²) in [6.45, 7) is 6.45. The summed E-state index contributed by atoms with van der Waals surface area (Å²) < 4.78 is 2.02. The van der Waals surface area contributed by atoms with Gasteiger partial charge in [0.05, 0.1) is 18.2 Å². The van der Waals surface area contributed by atoms with Crippen LogP contribution >= 0.6 is 0 Å². The van der Waals surface area contributed by atoms with Crippen LogP contribution in [0.25, 0.3) is 0 Å². The van der Waals surface area contributed by atoms with Crippen molar-refractivity contribution < 1.29 is 4.79 Å². The first-order chi connectivity index (χ1) is 9.72. The van der Waals surface area contributed by atoms with Gasteiger partial charge in [-0.25, -0.2) is 0 Å². The molecule has 1 aliphatic heterocycles. The Bertz CT molecular complexity index is 417. The minimum atomic E-state index is 0.327. The minimum absolute atomic E-state index is 0.327. The molecule has 1 aliphatic rings. The van der Waals surface area contributed by atoms with Crippen molar-refractivity contribution in [2.24, 2.45) is 5.92 Å². The van der Waals surface area contributed by atoms with E-state index in [1.165, 1.54) is 12.8 Å². The van der Waals surface area contributed by atoms with E-state index in [1.54, 1.807) is 0 Å². The highest BCUT2D eigenvalue weighted by Crippen LogP contribution is 2.17. The summed E-state index contributed by atoms with van der Waals surface area (Å²) in [6, 6.07) is 2.46. The third kappa shape index (κ3) is 4.17. The quantitative estimate of drug-likeness (QED) is 0.833. The van der Waals surface area contributed by atoms with Crippen LogP contribution in [-0.2, 0) is 11.2 Å². The predicted molar refractivity (Wildman–Crippen MR) is 80.8 cm³/mol. The summed E-state index contributed by atoms with van der Waals surface area (Å²) in [5.41, 5.74) is 0.922. The largest absolute Gasteiger partial charge is 0.316 e. The predicted octanol–water partition coefficient (Wildman–Crippen LogP) is 2.75. The number of rotatable bonds is 7. The molecule has 4 heteroatoms. The van der Waals surface area contributed by atoms with Crippen molar-refractivity contribution in [1.82, 2.24) is 15.1 Å². The summed E-state index contributed by atoms with van der Waals surface area (Å²) in [4.78, 5) is 12.1. The highest BCUT2D eigenvalue weighted by molar-refractivity contribution is 5.80. The molecule has 1 aromatic rings. The van der Waals surface area contributed by atoms with Crippen LogP contribution in [0.4, 0.5) is 0 Å². The molecule has 0 bridgehead atoms. The third-order valence-electron chi connectivity index (χ3n) is 4.27. The number of aromatic nitrogens is 2. The van der Waals surface area contributed by atoms with Crippen molar-refractivity contribution in [1.29, 1.82) is 0 Å². The van der Waals surface area contributed by atoms with Crippen LogP contribution in [0.3, 0.4) is 0 Å². The minimum Gasteiger partial charge on any atom is -0.316 e. The van der Waals surface area contributed by atoms with Gasteiger partial charge in [0.25, 0.3) is 0 Å². The standard InChI is InChI=1S/C16H27N3O/c1-3-15(4-2)19-9-7-14(18-19)11-16(20)10-13-6-5-8-17-12-13/h7,9,13,15,17H,3-6,8,10-12H2,1-2H3. The number of ketones is 1. The average Bonchev–Trinajstić information content (AvgIpc) is 2.89. The van der Waals surface area contributed by atoms with E-state index < -0.39 is 0 Å². The molecule has 0 radical (unpaired) electrons. The fraction of sp³-hybridized carbons (Fsp3) is 0.750. The molecule has 0 saturated carbocycles. The monoisotopic (exact) mass is 277 g/mol. The van der Waals surface area contributed by atoms with Gasteiger partial charge in [-0.3, -0.25) is 9.48 Å². The first-order valence-electron chi connectivity index (χ1n) is 7.99. The SMILES string of the molecule is CCC(CC)n1ccc(CC(=O)CC2CCCNC2)n1. The van der Waals surface area contributed by atoms with Crippen molar-refractivity contribution in [2.75, 3.05) is 13.1 Å². The molecule has 1 N–H and O–H groups in total. The molecule has 0 spiro atoms. The summed E-state index contributed by atoms with van der Waals surface area (Å²) in [5.74, 6) is 0.853. The first-order valence-corrected chi connectivity index (χ1v) is 7.99. The zero-order chi connectivity index (χ0) is 14.4. The Morgan fingerprint density at radius 3 is 2.95 bits per heavy atom. The van der Waals surface area contributed by atoms with Gasteiger partial charge >= 0.3 is 0 Å². The van der Waals surface area contributed by atoms with E-state index in [0.29, 0.717) is 30.6 Å². The topological polar surface area (TPSA) is 46.9 Å². The summed E-state index contributed by atoms with van der Waals surface area (Å²) in [5, 5.41) is 7.93. The molecule has 4 nitrogen and oxygen atoms in total. The molecule has 1 aromatic heterocycles. The van der Waals surface area contributed by atoms with Crippen LogP contribution in [0.1, 0.15) is 57.7 Å². The smallest absolute Gasteiger partial charge is 0.139 e. The van der Waals surface area contributed by atoms with Gasteiger partial charge in [0.2, 0.25) is 0 Å². The molecule has 1 atom stereocenters. The zero-order valence-electron chi connectivity index (χ0n) is 12.8. The number of carbonyl (C=O) groups is 1. The highest BCUT2D eigenvalue weighted by Gasteiger charge is 2.18. The van der Waals surface area contributed by atoms with Gasteiger partial charge in [0.1, 0.15) is 5.78 Å². The summed E-state index contributed by atoms with van der Waals surface area (Å²) in [7, 11) is 0. The van der Waals surface area contributed by atoms with E-state index >= 15 is 0 Å². The number of Topliss-reactive ketones (excluding diaryl/α,β-unsaturated/α-hetero) is 1. The lowest BCUT2D eigenvalue weighted by atomic mass is 9.93. The van der Waals surface area contributed by atoms with Gasteiger partial charge in [0, 0.05) is 12.6 Å². The molecule has 2 heterocycles. The Morgan fingerprint density at radius 1 is 1.50 bits per heavy atom. The molecule has 112 valence electrons. The fourth-order valence-electron chi connectivity index (χ4n) is 3.03. The van der Waals surface area contributed by atoms with Gasteiger partial charge in [0.15, 0.2) is 0 Å². The van der Waals surface area contributed by atoms with Crippen molar-refractivity contribution in [2.45, 2.75) is 58.4 Å². The maximum absolute atomic E-state index is 12.1. The number of nitrogens with zero attached hydrogens (tertiary/aromatic N) is 2. The van der Waals surface area contributed by atoms with Gasteiger partial charge in [-0.1, -0.05) is 13.8 Å². The average molecular weight is 277 g/mol. The summed E-state index contributed by atoms with van der Waals surface area (Å²) >= 11 is 0. The van der Waals surface area contributed by atoms with Crippen LogP contribution in [0.2, 0.25) is 0 Å². The Kier molecular flexibility index (Phi) is 5.77. The van der Waals surface area contributed by atoms with Gasteiger partial charge in [-0.05, 0) is 50.8 Å². The summed E-state index contributed by atoms with van der Waals surface area (Å²) in [6.07, 6.45) is 7.75. The molecule has 0 aromatic carbocycles. The third-order valence-corrected chi connectivity index (χ3v) is 4.27. The Morgan fingerprint density at radius 2 is 2.30 bits per heavy atom. The molecular weight excluding hydrogens is 250 g/mol. The van der Waals surface area contributed by atoms with Crippen LogP contribution in [-0.4, -0.2) is 28.7 Å². The maximum atomic E-state index is 12.1. The van der Waals surface area contributed by atoms with E-state index in [0.717, 1.165) is 31.6 Å². The first kappa shape index (κ1) is 15.2. The zero-order valence-corrected chi connectivity index (χ0v) is 12.8. The van der Waals surface area contributed by atoms with Crippen LogP contribution in [0, 0.1) is 5.92 Å². The number of hydrogen-bond acceptors (Lipinski definition) is 3. The molecule has 1 saturated heterocycles. The van der Waals surface area contributed by atoms with Crippen LogP contribution in [0.15, 0.2) is 12.3 Å². The molecule has 2 rings (SSSR count). The molecule has 0 amide bonds. The van der Waals surface area contributed by atoms with Gasteiger partial charge < -0.3 is 5.32 Å². The molecule has 0 aliphatic carbocycles. The van der Waals surface area contributed by atoms with Crippen molar-refractivity contribution >= 4 is 5.78 Å². The maximum Gasteiger partial charge on any atom is 0.139 e. The Labute approximate surface area is 121 Å². The lowest BCUT2D eigenvalue weighted by Gasteiger charge is -2.21. The fourth-order valence-corrected chi connectivity index (χ4v) is 3.03. The van der Waals surface area contributed by atoms with Gasteiger partial charge in [-0.2, -0.15) is 5.10 Å². The second-order valence-electron chi connectivity index (χ2n) is 5.89. The number of nitrogens with one attached hydrogen (secondary N) is 1. The number of carbonyl (C=O) groups excluding carboxylic acids is 1. The van der Waals surface area contributed by atoms with E-state index in [2.05, 4.69) is 24.3 Å². The van der Waals surface area contributed by atoms with Crippen LogP contribution < -0.4 is 5.32 Å². The lowest BCUT2D eigenvalue weighted by Crippen LogP contribution is -2.31. The molecule has 1 fully saturated rings. The van der Waals surface area contributed by atoms with E-state index in [9.17, 15) is 4.79 Å². The second-order valence-corrected chi connectivity index (χ2v) is 5.89. The Hall–Kier alpha value is -1.16. The molecule has 20 heavy (non-hydrogen) atoms. The normalized spacial score (nSPS) is 19.4. The highest BCUT2D eigenvalue weighted by atomic mass is 16.1. The van der Waals surface area contributed by atoms with E-state index in [4.69, 9.17) is 0 Å².